The third kappa shape index (κ3) is 4.60. The number of hydrogen-bond donors (Lipinski definition) is 3. The van der Waals surface area contributed by atoms with Gasteiger partial charge in [-0.15, -0.1) is 0 Å². The van der Waals surface area contributed by atoms with Crippen LogP contribution in [0.2, 0.25) is 0 Å². The van der Waals surface area contributed by atoms with Crippen molar-refractivity contribution in [1.29, 1.82) is 0 Å². The first-order valence-electron chi connectivity index (χ1n) is 8.92. The number of amides is 2. The largest absolute Gasteiger partial charge is 0.396 e. The highest BCUT2D eigenvalue weighted by atomic mass is 16.3. The van der Waals surface area contributed by atoms with Crippen molar-refractivity contribution < 1.29 is 14.7 Å². The number of nitrogens with two attached hydrogens (primary N) is 1. The van der Waals surface area contributed by atoms with E-state index in [0.29, 0.717) is 12.2 Å². The van der Waals surface area contributed by atoms with Gasteiger partial charge in [0.05, 0.1) is 5.52 Å². The zero-order chi connectivity index (χ0) is 19.3. The number of primary amides is 1. The first-order valence-corrected chi connectivity index (χ1v) is 8.92. The number of aliphatic hydroxyl groups excluding tert-OH is 1. The van der Waals surface area contributed by atoms with Gasteiger partial charge in [0.25, 0.3) is 5.91 Å². The predicted molar refractivity (Wildman–Crippen MR) is 101 cm³/mol. The molecule has 0 aliphatic rings. The number of aryl methyl sites for hydroxylation is 1. The molecule has 0 aliphatic carbocycles. The average Bonchev–Trinajstić information content (AvgIpc) is 2.94. The molecule has 2 amide bonds. The maximum Gasteiger partial charge on any atom is 0.273 e. The van der Waals surface area contributed by atoms with Crippen molar-refractivity contribution in [2.45, 2.75) is 52.6 Å². The van der Waals surface area contributed by atoms with Gasteiger partial charge in [-0.1, -0.05) is 39.0 Å². The molecule has 0 fully saturated rings. The summed E-state index contributed by atoms with van der Waals surface area (Å²) in [6.45, 7) is 6.38. The second-order valence-electron chi connectivity index (χ2n) is 7.55. The number of carbonyl (C=O) groups is 2. The number of rotatable bonds is 8. The fourth-order valence-electron chi connectivity index (χ4n) is 2.93. The maximum absolute atomic E-state index is 12.8. The van der Waals surface area contributed by atoms with Crippen molar-refractivity contribution in [3.05, 3.63) is 30.0 Å². The van der Waals surface area contributed by atoms with Crippen molar-refractivity contribution in [3.8, 4) is 0 Å². The number of benzene rings is 1. The van der Waals surface area contributed by atoms with Crippen LogP contribution in [0.3, 0.4) is 0 Å². The molecule has 0 unspecified atom stereocenters. The molecule has 0 saturated carbocycles. The minimum Gasteiger partial charge on any atom is -0.396 e. The molecule has 1 aromatic carbocycles. The van der Waals surface area contributed by atoms with Crippen molar-refractivity contribution >= 4 is 22.7 Å². The van der Waals surface area contributed by atoms with Gasteiger partial charge in [0.2, 0.25) is 5.91 Å². The first-order chi connectivity index (χ1) is 12.3. The number of fused-ring (bicyclic) bond motifs is 1. The van der Waals surface area contributed by atoms with Crippen LogP contribution in [0.25, 0.3) is 10.9 Å². The monoisotopic (exact) mass is 360 g/mol. The van der Waals surface area contributed by atoms with E-state index in [4.69, 9.17) is 10.8 Å². The highest BCUT2D eigenvalue weighted by Crippen LogP contribution is 2.22. The molecule has 1 aromatic heterocycles. The number of unbranched alkanes of at least 4 members (excludes halogenated alkanes) is 2. The van der Waals surface area contributed by atoms with E-state index in [1.54, 1.807) is 4.68 Å². The van der Waals surface area contributed by atoms with Crippen molar-refractivity contribution in [2.24, 2.45) is 11.1 Å². The van der Waals surface area contributed by atoms with E-state index < -0.39 is 23.3 Å². The standard InChI is InChI=1S/C19H28N4O3/c1-19(2,3)16(17(20)25)21-18(26)15-13-9-5-6-10-14(13)23(22-15)11-7-4-8-12-24/h5-6,9-10,16,24H,4,7-8,11-12H2,1-3H3,(H2,20,25)(H,21,26)/t16-/m1/s1. The molecule has 7 nitrogen and oxygen atoms in total. The van der Waals surface area contributed by atoms with E-state index in [9.17, 15) is 9.59 Å². The minimum atomic E-state index is -0.788. The summed E-state index contributed by atoms with van der Waals surface area (Å²) >= 11 is 0. The lowest BCUT2D eigenvalue weighted by Crippen LogP contribution is -2.52. The summed E-state index contributed by atoms with van der Waals surface area (Å²) in [4.78, 5) is 24.5. The van der Waals surface area contributed by atoms with Crippen LogP contribution in [0.4, 0.5) is 0 Å². The molecule has 1 atom stereocenters. The second-order valence-corrected chi connectivity index (χ2v) is 7.55. The summed E-state index contributed by atoms with van der Waals surface area (Å²) < 4.78 is 1.80. The van der Waals surface area contributed by atoms with Crippen LogP contribution in [0.5, 0.6) is 0 Å². The molecule has 0 radical (unpaired) electrons. The van der Waals surface area contributed by atoms with E-state index in [2.05, 4.69) is 10.4 Å². The molecule has 7 heteroatoms. The lowest BCUT2D eigenvalue weighted by molar-refractivity contribution is -0.122. The van der Waals surface area contributed by atoms with Crippen molar-refractivity contribution in [3.63, 3.8) is 0 Å². The summed E-state index contributed by atoms with van der Waals surface area (Å²) in [6, 6.07) is 6.73. The third-order valence-electron chi connectivity index (χ3n) is 4.33. The van der Waals surface area contributed by atoms with Gasteiger partial charge in [0.15, 0.2) is 5.69 Å². The Morgan fingerprint density at radius 1 is 1.23 bits per heavy atom. The van der Waals surface area contributed by atoms with E-state index in [1.165, 1.54) is 0 Å². The molecular formula is C19H28N4O3. The van der Waals surface area contributed by atoms with Crippen molar-refractivity contribution in [2.75, 3.05) is 6.61 Å². The van der Waals surface area contributed by atoms with Crippen molar-refractivity contribution in [1.82, 2.24) is 15.1 Å². The van der Waals surface area contributed by atoms with Gasteiger partial charge in [-0.25, -0.2) is 0 Å². The average molecular weight is 360 g/mol. The minimum absolute atomic E-state index is 0.175. The van der Waals surface area contributed by atoms with Gasteiger partial charge in [0.1, 0.15) is 6.04 Å². The fourth-order valence-corrected chi connectivity index (χ4v) is 2.93. The lowest BCUT2D eigenvalue weighted by atomic mass is 9.86. The number of hydrogen-bond acceptors (Lipinski definition) is 4. The molecule has 1 heterocycles. The molecule has 0 bridgehead atoms. The van der Waals surface area contributed by atoms with E-state index >= 15 is 0 Å². The Morgan fingerprint density at radius 3 is 2.54 bits per heavy atom. The SMILES string of the molecule is CC(C)(C)[C@H](NC(=O)c1nn(CCCCCO)c2ccccc12)C(N)=O. The number of nitrogens with one attached hydrogen (secondary N) is 1. The topological polar surface area (TPSA) is 110 Å². The highest BCUT2D eigenvalue weighted by molar-refractivity contribution is 6.06. The van der Waals surface area contributed by atoms with Crippen LogP contribution >= 0.6 is 0 Å². The van der Waals surface area contributed by atoms with Gasteiger partial charge >= 0.3 is 0 Å². The van der Waals surface area contributed by atoms with E-state index in [0.717, 1.165) is 30.2 Å². The zero-order valence-electron chi connectivity index (χ0n) is 15.7. The number of nitrogens with zero attached hydrogens (tertiary/aromatic N) is 2. The first kappa shape index (κ1) is 19.9. The Morgan fingerprint density at radius 2 is 1.92 bits per heavy atom. The van der Waals surface area contributed by atoms with Gasteiger partial charge in [-0.2, -0.15) is 5.10 Å². The molecule has 4 N–H and O–H groups in total. The predicted octanol–water partition coefficient (Wildman–Crippen LogP) is 1.83. The summed E-state index contributed by atoms with van der Waals surface area (Å²) in [6.07, 6.45) is 2.50. The summed E-state index contributed by atoms with van der Waals surface area (Å²) in [5.74, 6) is -0.979. The second kappa shape index (κ2) is 8.31. The Labute approximate surface area is 153 Å². The summed E-state index contributed by atoms with van der Waals surface area (Å²) in [7, 11) is 0. The fraction of sp³-hybridized carbons (Fsp3) is 0.526. The molecular weight excluding hydrogens is 332 g/mol. The Hall–Kier alpha value is -2.41. The Bertz CT molecular complexity index is 777. The van der Waals surface area contributed by atoms with Crippen LogP contribution in [0.1, 0.15) is 50.5 Å². The zero-order valence-corrected chi connectivity index (χ0v) is 15.7. The molecule has 2 rings (SSSR count). The van der Waals surface area contributed by atoms with Crippen LogP contribution in [0, 0.1) is 5.41 Å². The van der Waals surface area contributed by atoms with Crippen LogP contribution in [-0.2, 0) is 11.3 Å². The number of aromatic nitrogens is 2. The molecule has 26 heavy (non-hydrogen) atoms. The maximum atomic E-state index is 12.8. The van der Waals surface area contributed by atoms with Gasteiger partial charge in [-0.05, 0) is 30.7 Å². The highest BCUT2D eigenvalue weighted by Gasteiger charge is 2.32. The normalized spacial score (nSPS) is 12.9. The molecule has 142 valence electrons. The summed E-state index contributed by atoms with van der Waals surface area (Å²) in [5, 5.41) is 16.8. The quantitative estimate of drug-likeness (QED) is 0.624. The summed E-state index contributed by atoms with van der Waals surface area (Å²) in [5.41, 5.74) is 6.12. The number of para-hydroxylation sites is 1. The molecule has 0 aliphatic heterocycles. The van der Waals surface area contributed by atoms with Crippen LogP contribution in [0.15, 0.2) is 24.3 Å². The number of carbonyl (C=O) groups excluding carboxylic acids is 2. The third-order valence-corrected chi connectivity index (χ3v) is 4.33. The number of aliphatic hydroxyl groups is 1. The van der Waals surface area contributed by atoms with Crippen LogP contribution < -0.4 is 11.1 Å². The molecule has 0 spiro atoms. The van der Waals surface area contributed by atoms with Crippen LogP contribution in [-0.4, -0.2) is 39.4 Å². The smallest absolute Gasteiger partial charge is 0.273 e. The van der Waals surface area contributed by atoms with Gasteiger partial charge in [0, 0.05) is 18.5 Å². The van der Waals surface area contributed by atoms with E-state index in [-0.39, 0.29) is 6.61 Å². The van der Waals surface area contributed by atoms with Gasteiger partial charge in [-0.3, -0.25) is 14.3 Å². The Kier molecular flexibility index (Phi) is 6.37. The molecule has 0 saturated heterocycles. The Balaban J connectivity index is 2.28. The van der Waals surface area contributed by atoms with E-state index in [1.807, 2.05) is 45.0 Å². The molecule has 2 aromatic rings. The lowest BCUT2D eigenvalue weighted by Gasteiger charge is -2.28. The van der Waals surface area contributed by atoms with Gasteiger partial charge < -0.3 is 16.2 Å².